The molecule has 0 radical (unpaired) electrons. The highest BCUT2D eigenvalue weighted by Crippen LogP contribution is 2.20. The van der Waals surface area contributed by atoms with Crippen molar-refractivity contribution in [2.75, 3.05) is 6.61 Å². The number of carboxylic acid groups (broad SMARTS) is 1. The van der Waals surface area contributed by atoms with Crippen LogP contribution in [0.4, 0.5) is 4.79 Å². The molecule has 0 aromatic heterocycles. The maximum atomic E-state index is 11.7. The van der Waals surface area contributed by atoms with E-state index < -0.39 is 18.1 Å². The second kappa shape index (κ2) is 9.15. The van der Waals surface area contributed by atoms with Crippen molar-refractivity contribution < 1.29 is 24.2 Å². The van der Waals surface area contributed by atoms with Crippen molar-refractivity contribution in [2.45, 2.75) is 50.9 Å². The summed E-state index contributed by atoms with van der Waals surface area (Å²) in [5, 5.41) is 11.5. The van der Waals surface area contributed by atoms with Crippen LogP contribution in [0, 0.1) is 0 Å². The third-order valence-corrected chi connectivity index (χ3v) is 3.85. The Hall–Kier alpha value is -2.08. The van der Waals surface area contributed by atoms with Crippen molar-refractivity contribution >= 4 is 12.1 Å². The van der Waals surface area contributed by atoms with Gasteiger partial charge in [-0.1, -0.05) is 49.6 Å². The normalized spacial score (nSPS) is 16.5. The number of nitrogens with one attached hydrogen (secondary N) is 1. The van der Waals surface area contributed by atoms with Gasteiger partial charge in [-0.05, 0) is 18.4 Å². The predicted molar refractivity (Wildman–Crippen MR) is 84.0 cm³/mol. The molecule has 0 saturated heterocycles. The second-order valence-electron chi connectivity index (χ2n) is 5.69. The molecular weight excluding hydrogens is 298 g/mol. The summed E-state index contributed by atoms with van der Waals surface area (Å²) in [7, 11) is 0. The smallest absolute Gasteiger partial charge is 0.408 e. The Balaban J connectivity index is 1.74. The maximum absolute atomic E-state index is 11.7. The predicted octanol–water partition coefficient (Wildman–Crippen LogP) is 2.72. The van der Waals surface area contributed by atoms with Crippen LogP contribution in [0.15, 0.2) is 30.3 Å². The fourth-order valence-electron chi connectivity index (χ4n) is 2.55. The monoisotopic (exact) mass is 321 g/mol. The lowest BCUT2D eigenvalue weighted by atomic mass is 9.98. The average Bonchev–Trinajstić information content (AvgIpc) is 2.58. The molecule has 0 unspecified atom stereocenters. The molecule has 23 heavy (non-hydrogen) atoms. The molecule has 1 amide bonds. The Morgan fingerprint density at radius 3 is 2.52 bits per heavy atom. The summed E-state index contributed by atoms with van der Waals surface area (Å²) >= 11 is 0. The Kier molecular flexibility index (Phi) is 6.87. The number of carbonyl (C=O) groups excluding carboxylic acids is 1. The average molecular weight is 321 g/mol. The van der Waals surface area contributed by atoms with Gasteiger partial charge in [-0.15, -0.1) is 0 Å². The Labute approximate surface area is 135 Å². The third-order valence-electron chi connectivity index (χ3n) is 3.85. The number of ether oxygens (including phenoxy) is 2. The van der Waals surface area contributed by atoms with Crippen LogP contribution in [0.25, 0.3) is 0 Å². The van der Waals surface area contributed by atoms with Crippen LogP contribution in [0.2, 0.25) is 0 Å². The summed E-state index contributed by atoms with van der Waals surface area (Å²) in [5.41, 5.74) is 0.841. The molecule has 0 heterocycles. The summed E-state index contributed by atoms with van der Waals surface area (Å²) in [4.78, 5) is 23.0. The molecule has 0 spiro atoms. The van der Waals surface area contributed by atoms with Gasteiger partial charge in [0.25, 0.3) is 0 Å². The van der Waals surface area contributed by atoms with Crippen molar-refractivity contribution in [1.29, 1.82) is 0 Å². The van der Waals surface area contributed by atoms with Gasteiger partial charge < -0.3 is 19.9 Å². The lowest BCUT2D eigenvalue weighted by Gasteiger charge is -2.24. The van der Waals surface area contributed by atoms with Crippen LogP contribution in [-0.2, 0) is 20.9 Å². The quantitative estimate of drug-likeness (QED) is 0.806. The van der Waals surface area contributed by atoms with Crippen LogP contribution in [0.3, 0.4) is 0 Å². The van der Waals surface area contributed by atoms with E-state index >= 15 is 0 Å². The zero-order valence-electron chi connectivity index (χ0n) is 13.1. The van der Waals surface area contributed by atoms with Crippen molar-refractivity contribution in [2.24, 2.45) is 0 Å². The van der Waals surface area contributed by atoms with Crippen molar-refractivity contribution in [3.05, 3.63) is 35.9 Å². The van der Waals surface area contributed by atoms with Gasteiger partial charge >= 0.3 is 12.1 Å². The van der Waals surface area contributed by atoms with Crippen LogP contribution in [0.1, 0.15) is 37.7 Å². The minimum Gasteiger partial charge on any atom is -0.480 e. The van der Waals surface area contributed by atoms with Crippen molar-refractivity contribution in [3.8, 4) is 0 Å². The first-order chi connectivity index (χ1) is 11.1. The van der Waals surface area contributed by atoms with E-state index in [1.807, 2.05) is 30.3 Å². The second-order valence-corrected chi connectivity index (χ2v) is 5.69. The molecule has 0 aliphatic heterocycles. The maximum Gasteiger partial charge on any atom is 0.408 e. The largest absolute Gasteiger partial charge is 0.480 e. The van der Waals surface area contributed by atoms with Gasteiger partial charge in [0.1, 0.15) is 6.61 Å². The molecule has 1 aromatic rings. The first kappa shape index (κ1) is 17.3. The summed E-state index contributed by atoms with van der Waals surface area (Å²) in [5.74, 6) is -1.13. The minimum absolute atomic E-state index is 0.0412. The van der Waals surface area contributed by atoms with E-state index in [-0.39, 0.29) is 19.3 Å². The SMILES string of the molecule is O=C(N[C@@H](COC1CCCCC1)C(=O)O)OCc1ccccc1. The summed E-state index contributed by atoms with van der Waals surface area (Å²) in [6, 6.07) is 8.11. The first-order valence-corrected chi connectivity index (χ1v) is 7.97. The highest BCUT2D eigenvalue weighted by molar-refractivity contribution is 5.80. The fraction of sp³-hybridized carbons (Fsp3) is 0.529. The third kappa shape index (κ3) is 6.28. The van der Waals surface area contributed by atoms with Crippen LogP contribution < -0.4 is 5.32 Å². The number of alkyl carbamates (subject to hydrolysis) is 1. The molecule has 6 nitrogen and oxygen atoms in total. The van der Waals surface area contributed by atoms with E-state index in [1.54, 1.807) is 0 Å². The van der Waals surface area contributed by atoms with Gasteiger partial charge in [0.05, 0.1) is 12.7 Å². The molecule has 1 aliphatic rings. The van der Waals surface area contributed by atoms with Gasteiger partial charge in [-0.3, -0.25) is 0 Å². The van der Waals surface area contributed by atoms with Crippen molar-refractivity contribution in [3.63, 3.8) is 0 Å². The van der Waals surface area contributed by atoms with Crippen LogP contribution in [0.5, 0.6) is 0 Å². The van der Waals surface area contributed by atoms with Gasteiger partial charge in [-0.25, -0.2) is 9.59 Å². The van der Waals surface area contributed by atoms with Crippen LogP contribution >= 0.6 is 0 Å². The lowest BCUT2D eigenvalue weighted by Crippen LogP contribution is -2.45. The minimum atomic E-state index is -1.13. The Bertz CT molecular complexity index is 499. The molecule has 6 heteroatoms. The summed E-state index contributed by atoms with van der Waals surface area (Å²) in [6.07, 6.45) is 4.65. The van der Waals surface area contributed by atoms with Gasteiger partial charge in [0.2, 0.25) is 0 Å². The van der Waals surface area contributed by atoms with Gasteiger partial charge in [0.15, 0.2) is 6.04 Å². The highest BCUT2D eigenvalue weighted by atomic mass is 16.5. The van der Waals surface area contributed by atoms with E-state index in [4.69, 9.17) is 9.47 Å². The number of carboxylic acids is 1. The molecule has 1 aromatic carbocycles. The number of carbonyl (C=O) groups is 2. The standard InChI is InChI=1S/C17H23NO5/c19-16(20)15(12-22-14-9-5-2-6-10-14)18-17(21)23-11-13-7-3-1-4-8-13/h1,3-4,7-8,14-15H,2,5-6,9-12H2,(H,18,21)(H,19,20)/t15-/m0/s1. The number of aliphatic carboxylic acids is 1. The number of rotatable bonds is 7. The zero-order chi connectivity index (χ0) is 16.5. The number of hydrogen-bond donors (Lipinski definition) is 2. The number of benzene rings is 1. The molecule has 1 atom stereocenters. The lowest BCUT2D eigenvalue weighted by molar-refractivity contribution is -0.141. The molecule has 1 saturated carbocycles. The molecule has 0 bridgehead atoms. The van der Waals surface area contributed by atoms with E-state index in [2.05, 4.69) is 5.32 Å². The zero-order valence-corrected chi connectivity index (χ0v) is 13.1. The van der Waals surface area contributed by atoms with E-state index in [0.29, 0.717) is 0 Å². The Morgan fingerprint density at radius 1 is 1.17 bits per heavy atom. The van der Waals surface area contributed by atoms with Gasteiger partial charge in [0, 0.05) is 0 Å². The van der Waals surface area contributed by atoms with E-state index in [9.17, 15) is 14.7 Å². The highest BCUT2D eigenvalue weighted by Gasteiger charge is 2.23. The summed E-state index contributed by atoms with van der Waals surface area (Å²) < 4.78 is 10.7. The molecule has 2 N–H and O–H groups in total. The van der Waals surface area contributed by atoms with Crippen molar-refractivity contribution in [1.82, 2.24) is 5.32 Å². The fourth-order valence-corrected chi connectivity index (χ4v) is 2.55. The van der Waals surface area contributed by atoms with E-state index in [0.717, 1.165) is 31.2 Å². The van der Waals surface area contributed by atoms with Crippen LogP contribution in [-0.4, -0.2) is 35.9 Å². The first-order valence-electron chi connectivity index (χ1n) is 7.97. The number of amides is 1. The molecular formula is C17H23NO5. The topological polar surface area (TPSA) is 84.9 Å². The van der Waals surface area contributed by atoms with Gasteiger partial charge in [-0.2, -0.15) is 0 Å². The molecule has 1 aliphatic carbocycles. The molecule has 1 fully saturated rings. The Morgan fingerprint density at radius 2 is 1.87 bits per heavy atom. The molecule has 126 valence electrons. The number of hydrogen-bond acceptors (Lipinski definition) is 4. The summed E-state index contributed by atoms with van der Waals surface area (Å²) in [6.45, 7) is 0.0585. The van der Waals surface area contributed by atoms with E-state index in [1.165, 1.54) is 6.42 Å². The molecule has 2 rings (SSSR count).